The van der Waals surface area contributed by atoms with Crippen molar-refractivity contribution in [1.82, 2.24) is 14.7 Å². The molecule has 0 aromatic heterocycles. The molecule has 6 nitrogen and oxygen atoms in total. The molecular weight excluding hydrogens is 385 g/mol. The van der Waals surface area contributed by atoms with Crippen molar-refractivity contribution in [3.8, 4) is 0 Å². The maximum atomic E-state index is 12.4. The van der Waals surface area contributed by atoms with Gasteiger partial charge < -0.3 is 10.6 Å². The highest BCUT2D eigenvalue weighted by molar-refractivity contribution is 6.30. The van der Waals surface area contributed by atoms with Gasteiger partial charge >= 0.3 is 6.18 Å². The number of carbonyl (C=O) groups excluding carboxylic acids is 2. The molecule has 0 spiro atoms. The molecule has 150 valence electrons. The number of benzene rings is 1. The van der Waals surface area contributed by atoms with Crippen LogP contribution in [-0.4, -0.2) is 79.0 Å². The first-order chi connectivity index (χ1) is 12.6. The van der Waals surface area contributed by atoms with Gasteiger partial charge in [0, 0.05) is 38.2 Å². The maximum Gasteiger partial charge on any atom is 0.406 e. The highest BCUT2D eigenvalue weighted by atomic mass is 35.5. The second-order valence-electron chi connectivity index (χ2n) is 6.53. The highest BCUT2D eigenvalue weighted by Gasteiger charge is 2.33. The van der Waals surface area contributed by atoms with Gasteiger partial charge in [-0.05, 0) is 17.7 Å². The summed E-state index contributed by atoms with van der Waals surface area (Å²) in [5.41, 5.74) is 6.28. The number of nitrogens with two attached hydrogens (primary N) is 1. The molecule has 0 saturated carbocycles. The minimum absolute atomic E-state index is 0.0946. The van der Waals surface area contributed by atoms with Crippen LogP contribution >= 0.6 is 11.6 Å². The topological polar surface area (TPSA) is 69.9 Å². The number of hydrogen-bond acceptors (Lipinski definition) is 4. The van der Waals surface area contributed by atoms with E-state index in [0.29, 0.717) is 36.1 Å². The summed E-state index contributed by atoms with van der Waals surface area (Å²) in [4.78, 5) is 28.2. The Morgan fingerprint density at radius 3 is 2.22 bits per heavy atom. The molecule has 2 N–H and O–H groups in total. The number of hydrogen-bond donors (Lipinski definition) is 1. The fourth-order valence-electron chi connectivity index (χ4n) is 3.05. The number of halogens is 4. The van der Waals surface area contributed by atoms with Crippen molar-refractivity contribution < 1.29 is 22.8 Å². The van der Waals surface area contributed by atoms with E-state index >= 15 is 0 Å². The largest absolute Gasteiger partial charge is 0.406 e. The molecule has 0 aliphatic carbocycles. The van der Waals surface area contributed by atoms with Crippen LogP contribution < -0.4 is 5.73 Å². The lowest BCUT2D eigenvalue weighted by atomic mass is 10.0. The third-order valence-electron chi connectivity index (χ3n) is 4.43. The van der Waals surface area contributed by atoms with Gasteiger partial charge in [-0.2, -0.15) is 13.2 Å². The molecule has 1 fully saturated rings. The van der Waals surface area contributed by atoms with E-state index in [-0.39, 0.29) is 6.54 Å². The predicted octanol–water partition coefficient (Wildman–Crippen LogP) is 1.50. The summed E-state index contributed by atoms with van der Waals surface area (Å²) in [5, 5.41) is 0.549. The molecule has 10 heteroatoms. The Bertz CT molecular complexity index is 661. The number of rotatable bonds is 6. The third kappa shape index (κ3) is 6.37. The van der Waals surface area contributed by atoms with Crippen molar-refractivity contribution >= 4 is 23.4 Å². The third-order valence-corrected chi connectivity index (χ3v) is 4.68. The summed E-state index contributed by atoms with van der Waals surface area (Å²) in [7, 11) is 1.13. The number of nitrogens with zero attached hydrogens (tertiary/aromatic N) is 3. The van der Waals surface area contributed by atoms with Crippen molar-refractivity contribution in [1.29, 1.82) is 0 Å². The Morgan fingerprint density at radius 2 is 1.74 bits per heavy atom. The Balaban J connectivity index is 1.92. The molecule has 1 atom stereocenters. The standard InChI is InChI=1S/C17H22ClF3N4O2/c1-23(11-17(19,20)21)14(26)10-24-6-8-25(9-7-24)15(16(22)27)12-2-4-13(18)5-3-12/h2-5,15H,6-11H2,1H3,(H2,22,27). The van der Waals surface area contributed by atoms with Gasteiger partial charge in [0.25, 0.3) is 0 Å². The van der Waals surface area contributed by atoms with Gasteiger partial charge in [0.1, 0.15) is 12.6 Å². The van der Waals surface area contributed by atoms with Crippen molar-refractivity contribution in [3.63, 3.8) is 0 Å². The monoisotopic (exact) mass is 406 g/mol. The van der Waals surface area contributed by atoms with E-state index in [2.05, 4.69) is 0 Å². The molecule has 2 rings (SSSR count). The van der Waals surface area contributed by atoms with Crippen LogP contribution in [0.5, 0.6) is 0 Å². The van der Waals surface area contributed by atoms with E-state index in [1.165, 1.54) is 0 Å². The minimum atomic E-state index is -4.42. The Kier molecular flexibility index (Phi) is 7.07. The first-order valence-electron chi connectivity index (χ1n) is 8.39. The molecule has 0 bridgehead atoms. The molecule has 2 amide bonds. The van der Waals surface area contributed by atoms with Crippen LogP contribution in [0.4, 0.5) is 13.2 Å². The molecular formula is C17H22ClF3N4O2. The Hall–Kier alpha value is -1.84. The summed E-state index contributed by atoms with van der Waals surface area (Å²) in [6.07, 6.45) is -4.42. The van der Waals surface area contributed by atoms with Crippen LogP contribution in [0.25, 0.3) is 0 Å². The lowest BCUT2D eigenvalue weighted by Crippen LogP contribution is -2.52. The maximum absolute atomic E-state index is 12.4. The molecule has 1 aromatic rings. The van der Waals surface area contributed by atoms with Crippen molar-refractivity contribution in [2.75, 3.05) is 46.3 Å². The average molecular weight is 407 g/mol. The smallest absolute Gasteiger partial charge is 0.368 e. The summed E-state index contributed by atoms with van der Waals surface area (Å²) in [5.74, 6) is -1.09. The zero-order chi connectivity index (χ0) is 20.2. The van der Waals surface area contributed by atoms with E-state index in [0.717, 1.165) is 12.6 Å². The fraction of sp³-hybridized carbons (Fsp3) is 0.529. The first kappa shape index (κ1) is 21.5. The number of alkyl halides is 3. The van der Waals surface area contributed by atoms with E-state index in [1.807, 2.05) is 4.90 Å². The molecule has 1 saturated heterocycles. The van der Waals surface area contributed by atoms with Gasteiger partial charge in [0.05, 0.1) is 6.54 Å². The fourth-order valence-corrected chi connectivity index (χ4v) is 3.17. The zero-order valence-corrected chi connectivity index (χ0v) is 15.6. The summed E-state index contributed by atoms with van der Waals surface area (Å²) >= 11 is 5.87. The summed E-state index contributed by atoms with van der Waals surface area (Å²) in [6.45, 7) is 0.458. The molecule has 27 heavy (non-hydrogen) atoms. The Morgan fingerprint density at radius 1 is 1.19 bits per heavy atom. The van der Waals surface area contributed by atoms with Gasteiger partial charge in [-0.15, -0.1) is 0 Å². The predicted molar refractivity (Wildman–Crippen MR) is 95.1 cm³/mol. The lowest BCUT2D eigenvalue weighted by Gasteiger charge is -2.38. The zero-order valence-electron chi connectivity index (χ0n) is 14.9. The summed E-state index contributed by atoms with van der Waals surface area (Å²) in [6, 6.07) is 6.21. The average Bonchev–Trinajstić information content (AvgIpc) is 2.56. The number of piperazine rings is 1. The molecule has 1 aliphatic rings. The summed E-state index contributed by atoms with van der Waals surface area (Å²) < 4.78 is 37.1. The van der Waals surface area contributed by atoms with Crippen LogP contribution in [-0.2, 0) is 9.59 Å². The number of primary amides is 1. The highest BCUT2D eigenvalue weighted by Crippen LogP contribution is 2.24. The van der Waals surface area contributed by atoms with Crippen molar-refractivity contribution in [2.45, 2.75) is 12.2 Å². The van der Waals surface area contributed by atoms with Crippen LogP contribution in [0.2, 0.25) is 5.02 Å². The molecule has 0 radical (unpaired) electrons. The van der Waals surface area contributed by atoms with Crippen LogP contribution in [0.15, 0.2) is 24.3 Å². The lowest BCUT2D eigenvalue weighted by molar-refractivity contribution is -0.159. The molecule has 1 heterocycles. The van der Waals surface area contributed by atoms with Crippen LogP contribution in [0.3, 0.4) is 0 Å². The van der Waals surface area contributed by atoms with Gasteiger partial charge in [-0.25, -0.2) is 0 Å². The SMILES string of the molecule is CN(CC(F)(F)F)C(=O)CN1CCN(C(C(N)=O)c2ccc(Cl)cc2)CC1. The van der Waals surface area contributed by atoms with Gasteiger partial charge in [-0.1, -0.05) is 23.7 Å². The van der Waals surface area contributed by atoms with Gasteiger partial charge in [0.15, 0.2) is 0 Å². The van der Waals surface area contributed by atoms with E-state index < -0.39 is 30.6 Å². The van der Waals surface area contributed by atoms with Crippen molar-refractivity contribution in [2.24, 2.45) is 5.73 Å². The molecule has 1 aromatic carbocycles. The van der Waals surface area contributed by atoms with E-state index in [9.17, 15) is 22.8 Å². The quantitative estimate of drug-likeness (QED) is 0.777. The normalized spacial score (nSPS) is 17.5. The van der Waals surface area contributed by atoms with Crippen molar-refractivity contribution in [3.05, 3.63) is 34.9 Å². The van der Waals surface area contributed by atoms with Crippen LogP contribution in [0, 0.1) is 0 Å². The molecule has 1 aliphatic heterocycles. The van der Waals surface area contributed by atoms with E-state index in [1.54, 1.807) is 29.2 Å². The number of carbonyl (C=O) groups is 2. The first-order valence-corrected chi connectivity index (χ1v) is 8.76. The Labute approximate surface area is 160 Å². The van der Waals surface area contributed by atoms with Gasteiger partial charge in [0.2, 0.25) is 11.8 Å². The second kappa shape index (κ2) is 8.90. The van der Waals surface area contributed by atoms with E-state index in [4.69, 9.17) is 17.3 Å². The minimum Gasteiger partial charge on any atom is -0.368 e. The van der Waals surface area contributed by atoms with Crippen LogP contribution in [0.1, 0.15) is 11.6 Å². The number of likely N-dealkylation sites (N-methyl/N-ethyl adjacent to an activating group) is 1. The molecule has 1 unspecified atom stereocenters. The van der Waals surface area contributed by atoms with Gasteiger partial charge in [-0.3, -0.25) is 19.4 Å². The number of amides is 2. The second-order valence-corrected chi connectivity index (χ2v) is 6.97.